The third kappa shape index (κ3) is 2.27. The molecule has 0 aromatic heterocycles. The number of rotatable bonds is 5. The Morgan fingerprint density at radius 1 is 1.33 bits per heavy atom. The maximum Gasteiger partial charge on any atom is 0.326 e. The molecule has 3 nitrogen and oxygen atoms in total. The zero-order valence-electron chi connectivity index (χ0n) is 11.3. The van der Waals surface area contributed by atoms with Gasteiger partial charge in [0, 0.05) is 6.54 Å². The van der Waals surface area contributed by atoms with E-state index in [1.807, 2.05) is 25.1 Å². The molecule has 0 bridgehead atoms. The van der Waals surface area contributed by atoms with Crippen molar-refractivity contribution in [3.05, 3.63) is 35.9 Å². The van der Waals surface area contributed by atoms with Crippen molar-refractivity contribution in [2.45, 2.75) is 39.3 Å². The van der Waals surface area contributed by atoms with Crippen molar-refractivity contribution in [1.82, 2.24) is 5.32 Å². The van der Waals surface area contributed by atoms with Gasteiger partial charge in [-0.3, -0.25) is 10.1 Å². The predicted octanol–water partition coefficient (Wildman–Crippen LogP) is 2.51. The second-order valence-corrected chi connectivity index (χ2v) is 5.53. The van der Waals surface area contributed by atoms with Crippen LogP contribution in [0, 0.1) is 5.41 Å². The number of hydrogen-bond donors (Lipinski definition) is 1. The van der Waals surface area contributed by atoms with Gasteiger partial charge in [0.1, 0.15) is 5.54 Å². The molecule has 1 aliphatic carbocycles. The van der Waals surface area contributed by atoms with Crippen molar-refractivity contribution in [3.8, 4) is 0 Å². The summed E-state index contributed by atoms with van der Waals surface area (Å²) in [5, 5.41) is 3.39. The highest BCUT2D eigenvalue weighted by molar-refractivity contribution is 5.86. The fourth-order valence-electron chi connectivity index (χ4n) is 2.44. The number of carbonyl (C=O) groups is 1. The molecule has 1 fully saturated rings. The van der Waals surface area contributed by atoms with E-state index in [4.69, 9.17) is 4.74 Å². The Bertz CT molecular complexity index is 427. The van der Waals surface area contributed by atoms with Crippen molar-refractivity contribution in [1.29, 1.82) is 0 Å². The highest BCUT2D eigenvalue weighted by atomic mass is 16.5. The molecule has 0 heterocycles. The smallest absolute Gasteiger partial charge is 0.326 e. The third-order valence-corrected chi connectivity index (χ3v) is 3.80. The van der Waals surface area contributed by atoms with Gasteiger partial charge in [0.2, 0.25) is 0 Å². The molecule has 18 heavy (non-hydrogen) atoms. The molecular weight excluding hydrogens is 226 g/mol. The fraction of sp³-hybridized carbons (Fsp3) is 0.533. The van der Waals surface area contributed by atoms with E-state index in [1.54, 1.807) is 0 Å². The SMILES string of the molecule is CCOC(=O)C1(NCc2ccccc2)CC1(C)C. The largest absolute Gasteiger partial charge is 0.465 e. The Kier molecular flexibility index (Phi) is 3.44. The second kappa shape index (κ2) is 4.73. The molecule has 1 saturated carbocycles. The molecule has 1 aliphatic rings. The van der Waals surface area contributed by atoms with Gasteiger partial charge in [-0.1, -0.05) is 44.2 Å². The minimum Gasteiger partial charge on any atom is -0.465 e. The van der Waals surface area contributed by atoms with Crippen molar-refractivity contribution in [2.75, 3.05) is 6.61 Å². The van der Waals surface area contributed by atoms with Crippen LogP contribution in [0.3, 0.4) is 0 Å². The minimum absolute atomic E-state index is 0.0198. The second-order valence-electron chi connectivity index (χ2n) is 5.53. The van der Waals surface area contributed by atoms with Gasteiger partial charge >= 0.3 is 5.97 Å². The summed E-state index contributed by atoms with van der Waals surface area (Å²) < 4.78 is 5.19. The number of benzene rings is 1. The lowest BCUT2D eigenvalue weighted by molar-refractivity contribution is -0.148. The summed E-state index contributed by atoms with van der Waals surface area (Å²) in [6.45, 7) is 7.18. The van der Waals surface area contributed by atoms with Crippen LogP contribution in [0.25, 0.3) is 0 Å². The van der Waals surface area contributed by atoms with Gasteiger partial charge in [-0.2, -0.15) is 0 Å². The standard InChI is InChI=1S/C15H21NO2/c1-4-18-13(17)15(11-14(15,2)3)16-10-12-8-6-5-7-9-12/h5-9,16H,4,10-11H2,1-3H3. The van der Waals surface area contributed by atoms with E-state index >= 15 is 0 Å². The fourth-order valence-corrected chi connectivity index (χ4v) is 2.44. The monoisotopic (exact) mass is 247 g/mol. The summed E-state index contributed by atoms with van der Waals surface area (Å²) in [4.78, 5) is 12.1. The molecule has 1 unspecified atom stereocenters. The average Bonchev–Trinajstić information content (AvgIpc) is 2.92. The quantitative estimate of drug-likeness (QED) is 0.812. The predicted molar refractivity (Wildman–Crippen MR) is 71.0 cm³/mol. The minimum atomic E-state index is -0.501. The molecule has 2 rings (SSSR count). The van der Waals surface area contributed by atoms with E-state index in [2.05, 4.69) is 31.3 Å². The Hall–Kier alpha value is -1.35. The molecule has 1 aromatic carbocycles. The molecule has 0 spiro atoms. The molecule has 98 valence electrons. The summed E-state index contributed by atoms with van der Waals surface area (Å²) in [6, 6.07) is 10.1. The van der Waals surface area contributed by atoms with Crippen LogP contribution in [-0.4, -0.2) is 18.1 Å². The van der Waals surface area contributed by atoms with Crippen LogP contribution in [-0.2, 0) is 16.1 Å². The number of carbonyl (C=O) groups excluding carboxylic acids is 1. The van der Waals surface area contributed by atoms with E-state index < -0.39 is 5.54 Å². The van der Waals surface area contributed by atoms with Gasteiger partial charge in [-0.25, -0.2) is 0 Å². The zero-order chi connectivity index (χ0) is 13.2. The van der Waals surface area contributed by atoms with Crippen LogP contribution in [0.1, 0.15) is 32.8 Å². The molecule has 0 aliphatic heterocycles. The third-order valence-electron chi connectivity index (χ3n) is 3.80. The van der Waals surface area contributed by atoms with Crippen LogP contribution in [0.4, 0.5) is 0 Å². The summed E-state index contributed by atoms with van der Waals surface area (Å²) in [5.41, 5.74) is 0.663. The van der Waals surface area contributed by atoms with Gasteiger partial charge in [-0.05, 0) is 24.3 Å². The van der Waals surface area contributed by atoms with Crippen molar-refractivity contribution in [3.63, 3.8) is 0 Å². The van der Waals surface area contributed by atoms with Crippen LogP contribution in [0.15, 0.2) is 30.3 Å². The normalized spacial score (nSPS) is 24.6. The number of esters is 1. The Morgan fingerprint density at radius 3 is 2.44 bits per heavy atom. The molecule has 0 amide bonds. The van der Waals surface area contributed by atoms with Crippen molar-refractivity contribution in [2.24, 2.45) is 5.41 Å². The molecule has 1 aromatic rings. The van der Waals surface area contributed by atoms with Gasteiger partial charge in [0.15, 0.2) is 0 Å². The molecule has 3 heteroatoms. The van der Waals surface area contributed by atoms with Gasteiger partial charge in [0.25, 0.3) is 0 Å². The highest BCUT2D eigenvalue weighted by Gasteiger charge is 2.67. The first-order valence-corrected chi connectivity index (χ1v) is 6.48. The Morgan fingerprint density at radius 2 is 1.94 bits per heavy atom. The summed E-state index contributed by atoms with van der Waals surface area (Å²) in [5.74, 6) is -0.120. The van der Waals surface area contributed by atoms with E-state index in [-0.39, 0.29) is 11.4 Å². The van der Waals surface area contributed by atoms with Crippen molar-refractivity contribution >= 4 is 5.97 Å². The number of hydrogen-bond acceptors (Lipinski definition) is 3. The first-order chi connectivity index (χ1) is 8.52. The lowest BCUT2D eigenvalue weighted by Gasteiger charge is -2.20. The number of nitrogens with one attached hydrogen (secondary N) is 1. The lowest BCUT2D eigenvalue weighted by atomic mass is 10.0. The molecule has 1 atom stereocenters. The molecule has 0 radical (unpaired) electrons. The first-order valence-electron chi connectivity index (χ1n) is 6.48. The maximum atomic E-state index is 12.1. The lowest BCUT2D eigenvalue weighted by Crippen LogP contribution is -2.44. The summed E-state index contributed by atoms with van der Waals surface area (Å²) in [7, 11) is 0. The summed E-state index contributed by atoms with van der Waals surface area (Å²) in [6.07, 6.45) is 0.839. The first kappa shape index (κ1) is 13.1. The molecule has 1 N–H and O–H groups in total. The number of ether oxygens (including phenoxy) is 1. The van der Waals surface area contributed by atoms with E-state index in [0.717, 1.165) is 6.42 Å². The van der Waals surface area contributed by atoms with Crippen molar-refractivity contribution < 1.29 is 9.53 Å². The topological polar surface area (TPSA) is 38.3 Å². The Balaban J connectivity index is 2.03. The van der Waals surface area contributed by atoms with Gasteiger partial charge < -0.3 is 4.74 Å². The zero-order valence-corrected chi connectivity index (χ0v) is 11.3. The van der Waals surface area contributed by atoms with Crippen LogP contribution in [0.5, 0.6) is 0 Å². The summed E-state index contributed by atoms with van der Waals surface area (Å²) >= 11 is 0. The van der Waals surface area contributed by atoms with Crippen LogP contribution >= 0.6 is 0 Å². The highest BCUT2D eigenvalue weighted by Crippen LogP contribution is 2.56. The van der Waals surface area contributed by atoms with Gasteiger partial charge in [0.05, 0.1) is 6.61 Å². The van der Waals surface area contributed by atoms with Crippen LogP contribution < -0.4 is 5.32 Å². The molecule has 0 saturated heterocycles. The van der Waals surface area contributed by atoms with Gasteiger partial charge in [-0.15, -0.1) is 0 Å². The van der Waals surface area contributed by atoms with Crippen LogP contribution in [0.2, 0.25) is 0 Å². The van der Waals surface area contributed by atoms with E-state index in [1.165, 1.54) is 5.56 Å². The van der Waals surface area contributed by atoms with E-state index in [9.17, 15) is 4.79 Å². The maximum absolute atomic E-state index is 12.1. The molecular formula is C15H21NO2. The Labute approximate surface area is 109 Å². The van der Waals surface area contributed by atoms with E-state index in [0.29, 0.717) is 13.2 Å². The average molecular weight is 247 g/mol.